The number of hydrogen-bond donors (Lipinski definition) is 2. The van der Waals surface area contributed by atoms with E-state index in [9.17, 15) is 9.18 Å². The molecular weight excluding hydrogens is 299 g/mol. The Hall–Kier alpha value is -0.940. The monoisotopic (exact) mass is 314 g/mol. The van der Waals surface area contributed by atoms with Crippen molar-refractivity contribution in [3.63, 3.8) is 0 Å². The molecule has 1 aromatic carbocycles. The highest BCUT2D eigenvalue weighted by atomic mass is 79.9. The van der Waals surface area contributed by atoms with Crippen molar-refractivity contribution >= 4 is 27.5 Å². The number of amides is 1. The highest BCUT2D eigenvalue weighted by Gasteiger charge is 2.43. The van der Waals surface area contributed by atoms with Crippen molar-refractivity contribution in [2.45, 2.75) is 32.2 Å². The Morgan fingerprint density at radius 2 is 2.33 bits per heavy atom. The van der Waals surface area contributed by atoms with Crippen LogP contribution in [0.15, 0.2) is 22.7 Å². The molecule has 5 heteroatoms. The molecule has 1 aliphatic carbocycles. The van der Waals surface area contributed by atoms with E-state index in [0.717, 1.165) is 19.3 Å². The van der Waals surface area contributed by atoms with Crippen LogP contribution in [0, 0.1) is 11.2 Å². The van der Waals surface area contributed by atoms with Crippen molar-refractivity contribution in [2.75, 3.05) is 5.32 Å². The van der Waals surface area contributed by atoms with Gasteiger partial charge in [0.05, 0.1) is 11.1 Å². The quantitative estimate of drug-likeness (QED) is 0.881. The molecule has 1 fully saturated rings. The van der Waals surface area contributed by atoms with E-state index in [0.29, 0.717) is 4.47 Å². The molecule has 0 bridgehead atoms. The van der Waals surface area contributed by atoms with Gasteiger partial charge in [-0.1, -0.05) is 22.4 Å². The van der Waals surface area contributed by atoms with Gasteiger partial charge in [-0.05, 0) is 38.0 Å². The lowest BCUT2D eigenvalue weighted by molar-refractivity contribution is -0.125. The third-order valence-electron chi connectivity index (χ3n) is 3.73. The van der Waals surface area contributed by atoms with Crippen molar-refractivity contribution in [2.24, 2.45) is 11.1 Å². The van der Waals surface area contributed by atoms with Gasteiger partial charge in [0.25, 0.3) is 0 Å². The molecule has 1 aliphatic rings. The molecule has 3 N–H and O–H groups in total. The number of rotatable bonds is 2. The van der Waals surface area contributed by atoms with E-state index in [2.05, 4.69) is 21.2 Å². The van der Waals surface area contributed by atoms with Crippen LogP contribution in [0.25, 0.3) is 0 Å². The Kier molecular flexibility index (Phi) is 3.73. The van der Waals surface area contributed by atoms with E-state index >= 15 is 0 Å². The predicted molar refractivity (Wildman–Crippen MR) is 72.7 cm³/mol. The zero-order valence-electron chi connectivity index (χ0n) is 10.2. The Balaban J connectivity index is 2.16. The average Bonchev–Trinajstić information content (AvgIpc) is 2.64. The minimum Gasteiger partial charge on any atom is -0.327 e. The minimum absolute atomic E-state index is 0.156. The SMILES string of the molecule is CC1(C(=O)Nc2ccc(Br)cc2F)CCCC1N. The zero-order valence-corrected chi connectivity index (χ0v) is 11.8. The summed E-state index contributed by atoms with van der Waals surface area (Å²) in [5, 5.41) is 2.64. The first-order valence-electron chi connectivity index (χ1n) is 5.95. The molecule has 1 aromatic rings. The van der Waals surface area contributed by atoms with Gasteiger partial charge >= 0.3 is 0 Å². The predicted octanol–water partition coefficient (Wildman–Crippen LogP) is 3.04. The second-order valence-electron chi connectivity index (χ2n) is 4.99. The molecule has 18 heavy (non-hydrogen) atoms. The lowest BCUT2D eigenvalue weighted by atomic mass is 9.84. The van der Waals surface area contributed by atoms with Gasteiger partial charge in [-0.25, -0.2) is 4.39 Å². The van der Waals surface area contributed by atoms with Gasteiger partial charge in [0.2, 0.25) is 5.91 Å². The van der Waals surface area contributed by atoms with Gasteiger partial charge in [0.15, 0.2) is 0 Å². The fraction of sp³-hybridized carbons (Fsp3) is 0.462. The normalized spacial score (nSPS) is 27.2. The van der Waals surface area contributed by atoms with Gasteiger partial charge in [-0.15, -0.1) is 0 Å². The van der Waals surface area contributed by atoms with Crippen LogP contribution in [0.3, 0.4) is 0 Å². The zero-order chi connectivity index (χ0) is 13.3. The molecule has 0 radical (unpaired) electrons. The van der Waals surface area contributed by atoms with E-state index < -0.39 is 11.2 Å². The van der Waals surface area contributed by atoms with Crippen LogP contribution in [-0.2, 0) is 4.79 Å². The molecule has 0 heterocycles. The number of carbonyl (C=O) groups excluding carboxylic acids is 1. The first-order valence-corrected chi connectivity index (χ1v) is 6.75. The van der Waals surface area contributed by atoms with Crippen LogP contribution in [0.4, 0.5) is 10.1 Å². The number of nitrogens with one attached hydrogen (secondary N) is 1. The van der Waals surface area contributed by atoms with E-state index in [1.807, 2.05) is 6.92 Å². The summed E-state index contributed by atoms with van der Waals surface area (Å²) in [5.41, 5.74) is 5.57. The Bertz CT molecular complexity index is 480. The maximum absolute atomic E-state index is 13.6. The summed E-state index contributed by atoms with van der Waals surface area (Å²) in [6.07, 6.45) is 2.53. The van der Waals surface area contributed by atoms with Crippen molar-refractivity contribution in [3.8, 4) is 0 Å². The molecule has 1 amide bonds. The van der Waals surface area contributed by atoms with Crippen LogP contribution < -0.4 is 11.1 Å². The molecule has 2 rings (SSSR count). The van der Waals surface area contributed by atoms with E-state index in [4.69, 9.17) is 5.73 Å². The standard InChI is InChI=1S/C13H16BrFN2O/c1-13(6-2-3-11(13)16)12(18)17-10-5-4-8(14)7-9(10)15/h4-5,7,11H,2-3,6,16H2,1H3,(H,17,18). The summed E-state index contributed by atoms with van der Waals surface area (Å²) in [5.74, 6) is -0.651. The topological polar surface area (TPSA) is 55.1 Å². The van der Waals surface area contributed by atoms with E-state index in [-0.39, 0.29) is 17.6 Å². The fourth-order valence-electron chi connectivity index (χ4n) is 2.33. The number of benzene rings is 1. The van der Waals surface area contributed by atoms with E-state index in [1.165, 1.54) is 6.07 Å². The summed E-state index contributed by atoms with van der Waals surface area (Å²) < 4.78 is 14.3. The van der Waals surface area contributed by atoms with Crippen LogP contribution >= 0.6 is 15.9 Å². The van der Waals surface area contributed by atoms with Crippen LogP contribution in [0.1, 0.15) is 26.2 Å². The smallest absolute Gasteiger partial charge is 0.231 e. The molecule has 1 saturated carbocycles. The van der Waals surface area contributed by atoms with Crippen LogP contribution in [-0.4, -0.2) is 11.9 Å². The van der Waals surface area contributed by atoms with E-state index in [1.54, 1.807) is 12.1 Å². The maximum Gasteiger partial charge on any atom is 0.231 e. The summed E-state index contributed by atoms with van der Waals surface area (Å²) in [6, 6.07) is 4.40. The third kappa shape index (κ3) is 2.42. The first-order chi connectivity index (χ1) is 8.43. The van der Waals surface area contributed by atoms with Crippen molar-refractivity contribution in [3.05, 3.63) is 28.5 Å². The molecule has 2 unspecified atom stereocenters. The number of halogens is 2. The molecule has 3 nitrogen and oxygen atoms in total. The number of carbonyl (C=O) groups is 1. The summed E-state index contributed by atoms with van der Waals surface area (Å²) in [4.78, 5) is 12.2. The Morgan fingerprint density at radius 1 is 1.61 bits per heavy atom. The Labute approximate surface area is 114 Å². The van der Waals surface area contributed by atoms with Crippen LogP contribution in [0.2, 0.25) is 0 Å². The van der Waals surface area contributed by atoms with Crippen molar-refractivity contribution < 1.29 is 9.18 Å². The maximum atomic E-state index is 13.6. The molecular formula is C13H16BrFN2O. The van der Waals surface area contributed by atoms with Gasteiger partial charge in [-0.2, -0.15) is 0 Å². The second-order valence-corrected chi connectivity index (χ2v) is 5.91. The van der Waals surface area contributed by atoms with Gasteiger partial charge in [0.1, 0.15) is 5.82 Å². The molecule has 2 atom stereocenters. The summed E-state index contributed by atoms with van der Waals surface area (Å²) in [7, 11) is 0. The molecule has 98 valence electrons. The largest absolute Gasteiger partial charge is 0.327 e. The highest BCUT2D eigenvalue weighted by molar-refractivity contribution is 9.10. The molecule has 0 saturated heterocycles. The lowest BCUT2D eigenvalue weighted by Gasteiger charge is -2.27. The minimum atomic E-state index is -0.598. The van der Waals surface area contributed by atoms with Gasteiger partial charge < -0.3 is 11.1 Å². The fourth-order valence-corrected chi connectivity index (χ4v) is 2.66. The van der Waals surface area contributed by atoms with Gasteiger partial charge in [-0.3, -0.25) is 4.79 Å². The second kappa shape index (κ2) is 4.97. The highest BCUT2D eigenvalue weighted by Crippen LogP contribution is 2.37. The molecule has 0 spiro atoms. The summed E-state index contributed by atoms with van der Waals surface area (Å²) in [6.45, 7) is 1.84. The molecule has 0 aliphatic heterocycles. The van der Waals surface area contributed by atoms with Crippen LogP contribution in [0.5, 0.6) is 0 Å². The average molecular weight is 315 g/mol. The number of hydrogen-bond acceptors (Lipinski definition) is 2. The molecule has 0 aromatic heterocycles. The van der Waals surface area contributed by atoms with Crippen molar-refractivity contribution in [1.82, 2.24) is 0 Å². The Morgan fingerprint density at radius 3 is 2.89 bits per heavy atom. The van der Waals surface area contributed by atoms with Gasteiger partial charge in [0, 0.05) is 10.5 Å². The van der Waals surface area contributed by atoms with Crippen molar-refractivity contribution in [1.29, 1.82) is 0 Å². The first kappa shape index (κ1) is 13.5. The number of nitrogens with two attached hydrogens (primary N) is 1. The number of anilines is 1. The lowest BCUT2D eigenvalue weighted by Crippen LogP contribution is -2.44. The third-order valence-corrected chi connectivity index (χ3v) is 4.22. The summed E-state index contributed by atoms with van der Waals surface area (Å²) >= 11 is 3.18.